The van der Waals surface area contributed by atoms with Crippen LogP contribution in [-0.4, -0.2) is 40.7 Å². The van der Waals surface area contributed by atoms with E-state index in [1.807, 2.05) is 23.9 Å². The fraction of sp³-hybridized carbons (Fsp3) is 0.412. The van der Waals surface area contributed by atoms with Gasteiger partial charge in [-0.25, -0.2) is 9.97 Å². The highest BCUT2D eigenvalue weighted by Gasteiger charge is 2.23. The molecule has 1 unspecified atom stereocenters. The number of nitrogens with zero attached hydrogens (tertiary/aromatic N) is 7. The molecule has 4 rings (SSSR count). The number of hydrogen-bond donors (Lipinski definition) is 0. The van der Waals surface area contributed by atoms with Crippen molar-refractivity contribution in [3.05, 3.63) is 60.5 Å². The Morgan fingerprint density at radius 1 is 1.25 bits per heavy atom. The van der Waals surface area contributed by atoms with Crippen molar-refractivity contribution >= 4 is 0 Å². The molecule has 0 aliphatic carbocycles. The predicted octanol–water partition coefficient (Wildman–Crippen LogP) is 1.51. The van der Waals surface area contributed by atoms with Gasteiger partial charge in [-0.05, 0) is 19.1 Å². The van der Waals surface area contributed by atoms with Crippen LogP contribution in [0.2, 0.25) is 0 Å². The van der Waals surface area contributed by atoms with Gasteiger partial charge in [-0.2, -0.15) is 5.10 Å². The van der Waals surface area contributed by atoms with E-state index in [1.165, 1.54) is 0 Å². The van der Waals surface area contributed by atoms with E-state index in [4.69, 9.17) is 0 Å². The molecular weight excluding hydrogens is 302 g/mol. The second-order valence-corrected chi connectivity index (χ2v) is 6.42. The van der Waals surface area contributed by atoms with Gasteiger partial charge in [0.1, 0.15) is 18.5 Å². The van der Waals surface area contributed by atoms with Crippen molar-refractivity contribution in [3.8, 4) is 0 Å². The zero-order valence-corrected chi connectivity index (χ0v) is 13.8. The van der Waals surface area contributed by atoms with Crippen LogP contribution < -0.4 is 0 Å². The first-order chi connectivity index (χ1) is 11.8. The highest BCUT2D eigenvalue weighted by Crippen LogP contribution is 2.18. The lowest BCUT2D eigenvalue weighted by molar-refractivity contribution is 0.203. The first-order valence-electron chi connectivity index (χ1n) is 8.23. The lowest BCUT2D eigenvalue weighted by Crippen LogP contribution is -2.30. The topological polar surface area (TPSA) is 64.7 Å². The quantitative estimate of drug-likeness (QED) is 0.728. The Bertz CT molecular complexity index is 793. The molecule has 1 atom stereocenters. The van der Waals surface area contributed by atoms with Crippen LogP contribution in [0.25, 0.3) is 0 Å². The maximum atomic E-state index is 4.65. The van der Waals surface area contributed by atoms with Crippen molar-refractivity contribution in [2.75, 3.05) is 6.54 Å². The van der Waals surface area contributed by atoms with Gasteiger partial charge in [-0.15, -0.1) is 0 Å². The van der Waals surface area contributed by atoms with Crippen LogP contribution in [0.4, 0.5) is 0 Å². The van der Waals surface area contributed by atoms with Crippen LogP contribution in [-0.2, 0) is 26.2 Å². The van der Waals surface area contributed by atoms with Crippen LogP contribution in [0.1, 0.15) is 17.2 Å². The monoisotopic (exact) mass is 323 g/mol. The SMILES string of the molecule is Cc1cccc(CN2Cc3nccn3CC(Cn3cncn3)C2)n1. The zero-order valence-electron chi connectivity index (χ0n) is 13.8. The van der Waals surface area contributed by atoms with E-state index in [9.17, 15) is 0 Å². The fourth-order valence-electron chi connectivity index (χ4n) is 3.37. The summed E-state index contributed by atoms with van der Waals surface area (Å²) in [4.78, 5) is 15.6. The molecule has 0 bridgehead atoms. The van der Waals surface area contributed by atoms with Gasteiger partial charge in [-0.1, -0.05) is 6.07 Å². The minimum absolute atomic E-state index is 0.451. The molecule has 0 aromatic carbocycles. The van der Waals surface area contributed by atoms with Crippen molar-refractivity contribution in [2.24, 2.45) is 5.92 Å². The van der Waals surface area contributed by atoms with Crippen LogP contribution >= 0.6 is 0 Å². The van der Waals surface area contributed by atoms with E-state index in [-0.39, 0.29) is 0 Å². The molecule has 1 aliphatic rings. The average molecular weight is 323 g/mol. The Balaban J connectivity index is 1.54. The maximum absolute atomic E-state index is 4.65. The van der Waals surface area contributed by atoms with E-state index >= 15 is 0 Å². The maximum Gasteiger partial charge on any atom is 0.137 e. The molecule has 4 heterocycles. The summed E-state index contributed by atoms with van der Waals surface area (Å²) < 4.78 is 4.17. The summed E-state index contributed by atoms with van der Waals surface area (Å²) in [5, 5.41) is 4.26. The minimum Gasteiger partial charge on any atom is -0.333 e. The summed E-state index contributed by atoms with van der Waals surface area (Å²) in [6.07, 6.45) is 7.33. The van der Waals surface area contributed by atoms with Gasteiger partial charge in [0.05, 0.1) is 12.2 Å². The third kappa shape index (κ3) is 3.35. The molecule has 0 fully saturated rings. The lowest BCUT2D eigenvalue weighted by atomic mass is 10.1. The summed E-state index contributed by atoms with van der Waals surface area (Å²) in [7, 11) is 0. The Labute approximate surface area is 141 Å². The van der Waals surface area contributed by atoms with Gasteiger partial charge in [-0.3, -0.25) is 14.6 Å². The molecule has 0 radical (unpaired) electrons. The minimum atomic E-state index is 0.451. The van der Waals surface area contributed by atoms with Gasteiger partial charge < -0.3 is 4.57 Å². The Hall–Kier alpha value is -2.54. The number of pyridine rings is 1. The molecule has 3 aromatic heterocycles. The number of aryl methyl sites for hydroxylation is 1. The van der Waals surface area contributed by atoms with E-state index in [0.29, 0.717) is 5.92 Å². The van der Waals surface area contributed by atoms with E-state index in [1.54, 1.807) is 12.7 Å². The number of hydrogen-bond acceptors (Lipinski definition) is 5. The first kappa shape index (κ1) is 15.0. The Morgan fingerprint density at radius 3 is 3.04 bits per heavy atom. The van der Waals surface area contributed by atoms with Crippen LogP contribution in [0, 0.1) is 12.8 Å². The van der Waals surface area contributed by atoms with Crippen molar-refractivity contribution in [1.29, 1.82) is 0 Å². The number of rotatable bonds is 4. The van der Waals surface area contributed by atoms with Crippen molar-refractivity contribution < 1.29 is 0 Å². The Morgan fingerprint density at radius 2 is 2.21 bits per heavy atom. The Kier molecular flexibility index (Phi) is 4.08. The van der Waals surface area contributed by atoms with Crippen LogP contribution in [0.3, 0.4) is 0 Å². The third-order valence-electron chi connectivity index (χ3n) is 4.38. The highest BCUT2D eigenvalue weighted by molar-refractivity contribution is 5.10. The number of imidazole rings is 1. The second kappa shape index (κ2) is 6.52. The van der Waals surface area contributed by atoms with E-state index < -0.39 is 0 Å². The predicted molar refractivity (Wildman–Crippen MR) is 88.8 cm³/mol. The highest BCUT2D eigenvalue weighted by atomic mass is 15.3. The van der Waals surface area contributed by atoms with E-state index in [2.05, 4.69) is 47.8 Å². The van der Waals surface area contributed by atoms with Gasteiger partial charge in [0, 0.05) is 50.2 Å². The van der Waals surface area contributed by atoms with Gasteiger partial charge in [0.15, 0.2) is 0 Å². The van der Waals surface area contributed by atoms with Gasteiger partial charge in [0.2, 0.25) is 0 Å². The summed E-state index contributed by atoms with van der Waals surface area (Å²) in [5.74, 6) is 1.57. The van der Waals surface area contributed by atoms with E-state index in [0.717, 1.165) is 49.9 Å². The largest absolute Gasteiger partial charge is 0.333 e. The van der Waals surface area contributed by atoms with Crippen LogP contribution in [0.5, 0.6) is 0 Å². The zero-order chi connectivity index (χ0) is 16.4. The molecule has 124 valence electrons. The molecule has 0 amide bonds. The summed E-state index contributed by atoms with van der Waals surface area (Å²) in [6, 6.07) is 6.20. The molecule has 0 saturated heterocycles. The number of aromatic nitrogens is 6. The summed E-state index contributed by atoms with van der Waals surface area (Å²) >= 11 is 0. The molecule has 7 heteroatoms. The molecule has 1 aliphatic heterocycles. The van der Waals surface area contributed by atoms with Gasteiger partial charge >= 0.3 is 0 Å². The fourth-order valence-corrected chi connectivity index (χ4v) is 3.37. The second-order valence-electron chi connectivity index (χ2n) is 6.42. The summed E-state index contributed by atoms with van der Waals surface area (Å²) in [6.45, 7) is 6.51. The molecule has 0 saturated carbocycles. The third-order valence-corrected chi connectivity index (χ3v) is 4.38. The van der Waals surface area contributed by atoms with Crippen molar-refractivity contribution in [1.82, 2.24) is 34.2 Å². The molecule has 24 heavy (non-hydrogen) atoms. The molecule has 0 spiro atoms. The number of fused-ring (bicyclic) bond motifs is 1. The van der Waals surface area contributed by atoms with Crippen molar-refractivity contribution in [2.45, 2.75) is 33.1 Å². The molecule has 3 aromatic rings. The molecule has 7 nitrogen and oxygen atoms in total. The van der Waals surface area contributed by atoms with Gasteiger partial charge in [0.25, 0.3) is 0 Å². The molecule has 0 N–H and O–H groups in total. The molecular formula is C17H21N7. The normalized spacial score (nSPS) is 18.3. The average Bonchev–Trinajstić information content (AvgIpc) is 3.17. The van der Waals surface area contributed by atoms with Crippen molar-refractivity contribution in [3.63, 3.8) is 0 Å². The first-order valence-corrected chi connectivity index (χ1v) is 8.23. The van der Waals surface area contributed by atoms with Crippen LogP contribution in [0.15, 0.2) is 43.2 Å². The smallest absolute Gasteiger partial charge is 0.137 e. The summed E-state index contributed by atoms with van der Waals surface area (Å²) in [5.41, 5.74) is 2.16. The standard InChI is InChI=1S/C17H21N7/c1-14-3-2-4-16(21-14)10-22-7-15(9-24-13-18-12-20-24)8-23-6-5-19-17(23)11-22/h2-6,12-13,15H,7-11H2,1H3. The lowest BCUT2D eigenvalue weighted by Gasteiger charge is -2.23.